The lowest BCUT2D eigenvalue weighted by Gasteiger charge is -2.32. The van der Waals surface area contributed by atoms with Gasteiger partial charge in [0.2, 0.25) is 5.91 Å². The number of piperazine rings is 1. The summed E-state index contributed by atoms with van der Waals surface area (Å²) in [6.45, 7) is 5.47. The molecule has 0 bridgehead atoms. The summed E-state index contributed by atoms with van der Waals surface area (Å²) in [5, 5.41) is 11.7. The number of hydrogen-bond acceptors (Lipinski definition) is 5. The lowest BCUT2D eigenvalue weighted by molar-refractivity contribution is -0.118. The minimum atomic E-state index is -0.521. The quantitative estimate of drug-likeness (QED) is 0.399. The van der Waals surface area contributed by atoms with Gasteiger partial charge >= 0.3 is 0 Å². The summed E-state index contributed by atoms with van der Waals surface area (Å²) in [4.78, 5) is 17.9. The number of nitrogens with zero attached hydrogens (tertiary/aromatic N) is 3. The number of aromatic nitrogens is 2. The molecule has 196 valence electrons. The van der Waals surface area contributed by atoms with E-state index in [4.69, 9.17) is 4.74 Å². The van der Waals surface area contributed by atoms with Gasteiger partial charge in [-0.1, -0.05) is 24.1 Å². The van der Waals surface area contributed by atoms with Gasteiger partial charge in [-0.2, -0.15) is 5.10 Å². The van der Waals surface area contributed by atoms with Crippen LogP contribution < -0.4 is 10.1 Å². The third kappa shape index (κ3) is 4.17. The molecule has 7 nitrogen and oxygen atoms in total. The van der Waals surface area contributed by atoms with Crippen molar-refractivity contribution in [2.45, 2.75) is 24.3 Å². The van der Waals surface area contributed by atoms with Crippen LogP contribution in [0, 0.1) is 11.8 Å². The molecule has 1 aliphatic carbocycles. The molecule has 1 saturated heterocycles. The van der Waals surface area contributed by atoms with Crippen LogP contribution >= 0.6 is 0 Å². The third-order valence-corrected chi connectivity index (χ3v) is 8.59. The molecule has 2 fully saturated rings. The molecule has 1 saturated carbocycles. The lowest BCUT2D eigenvalue weighted by atomic mass is 9.91. The van der Waals surface area contributed by atoms with Crippen LogP contribution in [0.5, 0.6) is 5.75 Å². The van der Waals surface area contributed by atoms with Crippen molar-refractivity contribution in [1.29, 1.82) is 0 Å². The molecule has 1 amide bonds. The second-order valence-corrected chi connectivity index (χ2v) is 11.0. The van der Waals surface area contributed by atoms with Crippen molar-refractivity contribution < 1.29 is 9.53 Å². The number of nitrogens with one attached hydrogen (secondary N) is 2. The van der Waals surface area contributed by atoms with E-state index in [-0.39, 0.29) is 11.8 Å². The van der Waals surface area contributed by atoms with Crippen LogP contribution in [0.3, 0.4) is 0 Å². The van der Waals surface area contributed by atoms with Gasteiger partial charge in [0, 0.05) is 55.3 Å². The molecule has 1 unspecified atom stereocenters. The Bertz CT molecular complexity index is 1640. The van der Waals surface area contributed by atoms with Crippen molar-refractivity contribution in [3.8, 4) is 17.6 Å². The average Bonchev–Trinajstić information content (AvgIpc) is 3.50. The standard InChI is InChI=1S/C32H31N5O2/c1-36-13-15-37(16-14-36)20-22-5-3-21(4-6-22)7-11-28-25-10-8-23(17-30(25)35-34-28)27-19-32(27)26-18-24(39-2)9-12-29(26)33-31(32)38/h3-6,8-10,12,17-18,27H,13-16,19-20H2,1-2H3,(H,33,38)(H,34,35)/t27-,32?/m0/s1. The second kappa shape index (κ2) is 9.26. The minimum Gasteiger partial charge on any atom is -0.497 e. The lowest BCUT2D eigenvalue weighted by Crippen LogP contribution is -2.43. The SMILES string of the molecule is COc1ccc2c(c1)C1(C[C@H]1c1ccc3c(C#Cc4ccc(CN5CCN(C)CC5)cc4)[nH]nc3c1)C(=O)N2. The van der Waals surface area contributed by atoms with E-state index in [1.54, 1.807) is 7.11 Å². The van der Waals surface area contributed by atoms with Gasteiger partial charge in [0.05, 0.1) is 18.0 Å². The number of rotatable bonds is 4. The Labute approximate surface area is 228 Å². The van der Waals surface area contributed by atoms with Crippen LogP contribution in [0.2, 0.25) is 0 Å². The topological polar surface area (TPSA) is 73.5 Å². The van der Waals surface area contributed by atoms with Gasteiger partial charge < -0.3 is 15.0 Å². The van der Waals surface area contributed by atoms with Gasteiger partial charge in [0.25, 0.3) is 0 Å². The number of amides is 1. The third-order valence-electron chi connectivity index (χ3n) is 8.59. The van der Waals surface area contributed by atoms with E-state index in [0.717, 1.165) is 83.9 Å². The van der Waals surface area contributed by atoms with Crippen molar-refractivity contribution in [2.75, 3.05) is 45.7 Å². The molecule has 1 spiro atoms. The number of ether oxygens (including phenoxy) is 1. The number of hydrogen-bond donors (Lipinski definition) is 2. The van der Waals surface area contributed by atoms with Crippen LogP contribution in [0.15, 0.2) is 60.7 Å². The Hall–Kier alpha value is -4.12. The van der Waals surface area contributed by atoms with Gasteiger partial charge in [0.15, 0.2) is 0 Å². The number of likely N-dealkylation sites (N-methyl/N-ethyl adjacent to an activating group) is 1. The van der Waals surface area contributed by atoms with E-state index in [1.807, 2.05) is 18.2 Å². The fourth-order valence-corrected chi connectivity index (χ4v) is 6.13. The number of anilines is 1. The molecule has 0 radical (unpaired) electrons. The zero-order valence-corrected chi connectivity index (χ0v) is 22.3. The Morgan fingerprint density at radius 1 is 1.03 bits per heavy atom. The Kier molecular flexibility index (Phi) is 5.69. The predicted octanol–water partition coefficient (Wildman–Crippen LogP) is 4.10. The Morgan fingerprint density at radius 3 is 2.64 bits per heavy atom. The molecule has 7 rings (SSSR count). The van der Waals surface area contributed by atoms with Crippen LogP contribution in [0.25, 0.3) is 10.9 Å². The molecule has 39 heavy (non-hydrogen) atoms. The van der Waals surface area contributed by atoms with Crippen molar-refractivity contribution in [3.05, 3.63) is 88.6 Å². The molecule has 3 heterocycles. The van der Waals surface area contributed by atoms with E-state index in [9.17, 15) is 4.79 Å². The molecule has 2 N–H and O–H groups in total. The summed E-state index contributed by atoms with van der Waals surface area (Å²) >= 11 is 0. The number of carbonyl (C=O) groups is 1. The van der Waals surface area contributed by atoms with E-state index < -0.39 is 5.41 Å². The number of H-pyrrole nitrogens is 1. The summed E-state index contributed by atoms with van der Waals surface area (Å²) in [5.74, 6) is 7.51. The van der Waals surface area contributed by atoms with Crippen molar-refractivity contribution in [2.24, 2.45) is 0 Å². The molecular weight excluding hydrogens is 486 g/mol. The number of methoxy groups -OCH3 is 1. The average molecular weight is 518 g/mol. The zero-order chi connectivity index (χ0) is 26.6. The van der Waals surface area contributed by atoms with Crippen LogP contribution in [0.1, 0.15) is 40.3 Å². The highest BCUT2D eigenvalue weighted by atomic mass is 16.5. The molecule has 3 aliphatic rings. The van der Waals surface area contributed by atoms with Gasteiger partial charge in [-0.25, -0.2) is 0 Å². The van der Waals surface area contributed by atoms with Crippen molar-refractivity contribution >= 4 is 22.5 Å². The number of benzene rings is 3. The smallest absolute Gasteiger partial charge is 0.235 e. The van der Waals surface area contributed by atoms with E-state index in [2.05, 4.69) is 86.7 Å². The first-order valence-corrected chi connectivity index (χ1v) is 13.5. The van der Waals surface area contributed by atoms with Gasteiger partial charge in [-0.05, 0) is 78.5 Å². The van der Waals surface area contributed by atoms with Crippen molar-refractivity contribution in [1.82, 2.24) is 20.0 Å². The molecule has 2 atom stereocenters. The number of fused-ring (bicyclic) bond motifs is 3. The van der Waals surface area contributed by atoms with E-state index >= 15 is 0 Å². The summed E-state index contributed by atoms with van der Waals surface area (Å²) in [7, 11) is 3.84. The molecule has 1 aromatic heterocycles. The van der Waals surface area contributed by atoms with Crippen molar-refractivity contribution in [3.63, 3.8) is 0 Å². The monoisotopic (exact) mass is 517 g/mol. The summed E-state index contributed by atoms with van der Waals surface area (Å²) < 4.78 is 5.42. The summed E-state index contributed by atoms with van der Waals surface area (Å²) in [6, 6.07) is 20.6. The first-order chi connectivity index (χ1) is 19.0. The Morgan fingerprint density at radius 2 is 1.85 bits per heavy atom. The van der Waals surface area contributed by atoms with E-state index in [1.165, 1.54) is 5.56 Å². The molecule has 3 aromatic carbocycles. The highest BCUT2D eigenvalue weighted by Gasteiger charge is 2.65. The Balaban J connectivity index is 1.08. The van der Waals surface area contributed by atoms with Gasteiger partial charge in [-0.3, -0.25) is 14.8 Å². The fraction of sp³-hybridized carbons (Fsp3) is 0.312. The number of carbonyl (C=O) groups excluding carboxylic acids is 1. The van der Waals surface area contributed by atoms with Crippen LogP contribution in [-0.4, -0.2) is 66.2 Å². The minimum absolute atomic E-state index is 0.0685. The maximum Gasteiger partial charge on any atom is 0.235 e. The number of aromatic amines is 1. The first-order valence-electron chi connectivity index (χ1n) is 13.5. The summed E-state index contributed by atoms with van der Waals surface area (Å²) in [5.41, 5.74) is 6.48. The van der Waals surface area contributed by atoms with Crippen LogP contribution in [0.4, 0.5) is 5.69 Å². The second-order valence-electron chi connectivity index (χ2n) is 11.0. The first kappa shape index (κ1) is 24.0. The fourth-order valence-electron chi connectivity index (χ4n) is 6.13. The highest BCUT2D eigenvalue weighted by Crippen LogP contribution is 2.65. The summed E-state index contributed by atoms with van der Waals surface area (Å²) in [6.07, 6.45) is 0.784. The van der Waals surface area contributed by atoms with Gasteiger partial charge in [0.1, 0.15) is 11.4 Å². The molecule has 4 aromatic rings. The molecule has 7 heteroatoms. The largest absolute Gasteiger partial charge is 0.497 e. The van der Waals surface area contributed by atoms with Crippen LogP contribution in [-0.2, 0) is 16.8 Å². The van der Waals surface area contributed by atoms with Gasteiger partial charge in [-0.15, -0.1) is 0 Å². The zero-order valence-electron chi connectivity index (χ0n) is 22.3. The maximum absolute atomic E-state index is 13.0. The molecule has 2 aliphatic heterocycles. The van der Waals surface area contributed by atoms with E-state index in [0.29, 0.717) is 0 Å². The highest BCUT2D eigenvalue weighted by molar-refractivity contribution is 6.10. The normalized spacial score (nSPS) is 22.4. The maximum atomic E-state index is 13.0. The molecular formula is C32H31N5O2. The predicted molar refractivity (Wildman–Crippen MR) is 152 cm³/mol.